The minimum absolute atomic E-state index is 0.473. The number of carbonyl (C=O) groups excluding carboxylic acids is 1. The summed E-state index contributed by atoms with van der Waals surface area (Å²) in [5.74, 6) is 0.796. The molecule has 0 aliphatic rings. The number of fused-ring (bicyclic) bond motifs is 1. The van der Waals surface area contributed by atoms with Crippen molar-refractivity contribution in [2.24, 2.45) is 5.73 Å². The molecule has 4 N–H and O–H groups in total. The van der Waals surface area contributed by atoms with Crippen molar-refractivity contribution >= 4 is 28.2 Å². The number of nitrogens with one attached hydrogen (secondary N) is 2. The maximum absolute atomic E-state index is 10.5. The molecule has 0 unspecified atom stereocenters. The number of nitrogens with two attached hydrogens (primary N) is 1. The van der Waals surface area contributed by atoms with Crippen LogP contribution in [0, 0.1) is 0 Å². The van der Waals surface area contributed by atoms with Crippen LogP contribution in [0.3, 0.4) is 0 Å². The van der Waals surface area contributed by atoms with Crippen LogP contribution in [0.15, 0.2) is 60.3 Å². The summed E-state index contributed by atoms with van der Waals surface area (Å²) in [5.41, 5.74) is 10.7. The largest absolute Gasteiger partial charge is 0.497 e. The fourth-order valence-corrected chi connectivity index (χ4v) is 4.30. The normalized spacial score (nSPS) is 11.3. The molecule has 1 aromatic carbocycles. The predicted octanol–water partition coefficient (Wildman–Crippen LogP) is 5.24. The van der Waals surface area contributed by atoms with Crippen LogP contribution in [0.2, 0.25) is 0 Å². The predicted molar refractivity (Wildman–Crippen MR) is 162 cm³/mol. The van der Waals surface area contributed by atoms with Crippen LogP contribution in [0.1, 0.15) is 49.6 Å². The second-order valence-electron chi connectivity index (χ2n) is 8.53. The van der Waals surface area contributed by atoms with E-state index in [9.17, 15) is 4.79 Å². The zero-order valence-electron chi connectivity index (χ0n) is 23.8. The maximum Gasteiger partial charge on any atom is 0.194 e. The van der Waals surface area contributed by atoms with E-state index in [0.29, 0.717) is 5.69 Å². The third-order valence-corrected chi connectivity index (χ3v) is 6.82. The highest BCUT2D eigenvalue weighted by Crippen LogP contribution is 2.22. The molecule has 3 heterocycles. The number of nitrogens with zero attached hydrogens (tertiary/aromatic N) is 4. The summed E-state index contributed by atoms with van der Waals surface area (Å²) in [5, 5.41) is 12.1. The highest BCUT2D eigenvalue weighted by molar-refractivity contribution is 7.15. The van der Waals surface area contributed by atoms with Gasteiger partial charge in [0.1, 0.15) is 5.75 Å². The lowest BCUT2D eigenvalue weighted by Crippen LogP contribution is -2.30. The van der Waals surface area contributed by atoms with Crippen molar-refractivity contribution in [3.8, 4) is 17.0 Å². The molecule has 0 atom stereocenters. The van der Waals surface area contributed by atoms with Gasteiger partial charge in [0.2, 0.25) is 0 Å². The molecule has 0 bridgehead atoms. The first-order valence-electron chi connectivity index (χ1n) is 12.9. The Hall–Kier alpha value is -3.73. The van der Waals surface area contributed by atoms with E-state index in [1.165, 1.54) is 17.5 Å². The SMILES string of the molecule is C/C=C(\C)c1cn2c(CN(CC)CCNC)csc2n1.C/C=C/N.COc1ccc(-c2cc(C=O)[nH]n2)cc1. The minimum Gasteiger partial charge on any atom is -0.497 e. The number of hydrogen-bond acceptors (Lipinski definition) is 8. The van der Waals surface area contributed by atoms with Gasteiger partial charge in [-0.05, 0) is 76.5 Å². The Bertz CT molecular complexity index is 1320. The zero-order chi connectivity index (χ0) is 28.6. The molecule has 10 heteroatoms. The average Bonchev–Trinajstić information content (AvgIpc) is 3.72. The number of thiazole rings is 1. The molecule has 0 aliphatic heterocycles. The molecule has 0 radical (unpaired) electrons. The van der Waals surface area contributed by atoms with E-state index in [1.807, 2.05) is 38.2 Å². The van der Waals surface area contributed by atoms with Gasteiger partial charge in [0.25, 0.3) is 0 Å². The molecule has 0 aliphatic carbocycles. The van der Waals surface area contributed by atoms with Crippen molar-refractivity contribution in [1.29, 1.82) is 0 Å². The number of methoxy groups -OCH3 is 1. The van der Waals surface area contributed by atoms with Gasteiger partial charge in [-0.25, -0.2) is 4.98 Å². The Labute approximate surface area is 235 Å². The summed E-state index contributed by atoms with van der Waals surface area (Å²) in [6.45, 7) is 12.4. The third-order valence-electron chi connectivity index (χ3n) is 5.93. The molecule has 9 nitrogen and oxygen atoms in total. The van der Waals surface area contributed by atoms with E-state index in [0.717, 1.165) is 60.1 Å². The van der Waals surface area contributed by atoms with Crippen LogP contribution in [0.5, 0.6) is 5.75 Å². The van der Waals surface area contributed by atoms with Gasteiger partial charge in [-0.1, -0.05) is 19.1 Å². The van der Waals surface area contributed by atoms with Crippen LogP contribution in [0.4, 0.5) is 0 Å². The standard InChI is InChI=1S/C15H24N4S.C11H10N2O2.C3H7N/c1-5-12(3)14-10-19-13(11-20-15(19)17-14)9-18(6-2)8-7-16-4;1-15-10-4-2-8(3-5-10)11-6-9(7-14)12-13-11;1-2-3-4/h5,10-11,16H,6-9H2,1-4H3;2-7H,1H3,(H,12,13);2-3H,4H2,1H3/b12-5+;;3-2+. The number of ether oxygens (including phenoxy) is 1. The number of aldehydes is 1. The van der Waals surface area contributed by atoms with Crippen LogP contribution in [-0.4, -0.2) is 64.6 Å². The molecule has 4 aromatic rings. The summed E-state index contributed by atoms with van der Waals surface area (Å²) >= 11 is 1.72. The van der Waals surface area contributed by atoms with E-state index >= 15 is 0 Å². The van der Waals surface area contributed by atoms with E-state index < -0.39 is 0 Å². The Morgan fingerprint density at radius 3 is 2.54 bits per heavy atom. The molecule has 0 spiro atoms. The van der Waals surface area contributed by atoms with Gasteiger partial charge in [-0.3, -0.25) is 19.2 Å². The lowest BCUT2D eigenvalue weighted by Gasteiger charge is -2.19. The Balaban J connectivity index is 0.000000248. The summed E-state index contributed by atoms with van der Waals surface area (Å²) in [6, 6.07) is 9.19. The fourth-order valence-electron chi connectivity index (χ4n) is 3.44. The van der Waals surface area contributed by atoms with E-state index in [-0.39, 0.29) is 0 Å². The molecule has 0 saturated carbocycles. The van der Waals surface area contributed by atoms with Gasteiger partial charge in [-0.2, -0.15) is 5.10 Å². The topological polar surface area (TPSA) is 114 Å². The van der Waals surface area contributed by atoms with Crippen LogP contribution < -0.4 is 15.8 Å². The molecule has 210 valence electrons. The molecular weight excluding hydrogens is 510 g/mol. The fraction of sp³-hybridized carbons (Fsp3) is 0.345. The van der Waals surface area contributed by atoms with Gasteiger partial charge in [0, 0.05) is 42.5 Å². The second-order valence-corrected chi connectivity index (χ2v) is 9.37. The summed E-state index contributed by atoms with van der Waals surface area (Å²) in [6.07, 6.45) is 8.28. The number of carbonyl (C=O) groups is 1. The smallest absolute Gasteiger partial charge is 0.194 e. The van der Waals surface area contributed by atoms with Gasteiger partial charge in [0.05, 0.1) is 24.2 Å². The first-order chi connectivity index (χ1) is 18.9. The number of imidazole rings is 1. The molecule has 39 heavy (non-hydrogen) atoms. The van der Waals surface area contributed by atoms with Crippen LogP contribution in [-0.2, 0) is 6.54 Å². The quantitative estimate of drug-likeness (QED) is 0.231. The van der Waals surface area contributed by atoms with Crippen molar-refractivity contribution in [2.75, 3.05) is 33.8 Å². The molecule has 4 rings (SSSR count). The first kappa shape index (κ1) is 31.5. The Morgan fingerprint density at radius 2 is 2.00 bits per heavy atom. The monoisotopic (exact) mass is 551 g/mol. The number of allylic oxidation sites excluding steroid dienone is 3. The zero-order valence-corrected chi connectivity index (χ0v) is 24.6. The number of benzene rings is 1. The number of likely N-dealkylation sites (N-methyl/N-ethyl adjacent to an activating group) is 2. The number of aromatic nitrogens is 4. The van der Waals surface area contributed by atoms with Crippen molar-refractivity contribution in [1.82, 2.24) is 29.8 Å². The molecule has 0 fully saturated rings. The molecular formula is C29H41N7O2S. The Kier molecular flexibility index (Phi) is 13.7. The lowest BCUT2D eigenvalue weighted by atomic mass is 10.1. The van der Waals surface area contributed by atoms with Crippen molar-refractivity contribution in [2.45, 2.75) is 34.2 Å². The van der Waals surface area contributed by atoms with Crippen molar-refractivity contribution in [3.63, 3.8) is 0 Å². The maximum atomic E-state index is 10.5. The van der Waals surface area contributed by atoms with Gasteiger partial charge in [-0.15, -0.1) is 11.3 Å². The Morgan fingerprint density at radius 1 is 1.28 bits per heavy atom. The van der Waals surface area contributed by atoms with E-state index in [4.69, 9.17) is 10.5 Å². The van der Waals surface area contributed by atoms with E-state index in [1.54, 1.807) is 30.6 Å². The minimum atomic E-state index is 0.473. The van der Waals surface area contributed by atoms with Gasteiger partial charge in [0.15, 0.2) is 11.2 Å². The third kappa shape index (κ3) is 9.51. The number of hydrogen-bond donors (Lipinski definition) is 3. The highest BCUT2D eigenvalue weighted by atomic mass is 32.1. The number of H-pyrrole nitrogens is 1. The van der Waals surface area contributed by atoms with Gasteiger partial charge < -0.3 is 15.8 Å². The highest BCUT2D eigenvalue weighted by Gasteiger charge is 2.11. The van der Waals surface area contributed by atoms with Crippen LogP contribution >= 0.6 is 11.3 Å². The molecule has 0 saturated heterocycles. The van der Waals surface area contributed by atoms with E-state index in [2.05, 4.69) is 68.2 Å². The second kappa shape index (κ2) is 17.0. The van der Waals surface area contributed by atoms with Gasteiger partial charge >= 0.3 is 0 Å². The number of aromatic amines is 1. The van der Waals surface area contributed by atoms with Crippen molar-refractivity contribution < 1.29 is 9.53 Å². The summed E-state index contributed by atoms with van der Waals surface area (Å²) in [4.78, 5) is 18.7. The number of rotatable bonds is 10. The first-order valence-corrected chi connectivity index (χ1v) is 13.8. The van der Waals surface area contributed by atoms with Crippen LogP contribution in [0.25, 0.3) is 21.8 Å². The molecule has 0 amide bonds. The van der Waals surface area contributed by atoms with Crippen molar-refractivity contribution in [3.05, 3.63) is 77.3 Å². The average molecular weight is 552 g/mol. The molecule has 3 aromatic heterocycles. The lowest BCUT2D eigenvalue weighted by molar-refractivity contribution is 0.111. The summed E-state index contributed by atoms with van der Waals surface area (Å²) in [7, 11) is 3.62. The summed E-state index contributed by atoms with van der Waals surface area (Å²) < 4.78 is 7.28.